The number of aliphatic hydroxyl groups excluding tert-OH is 1. The van der Waals surface area contributed by atoms with Gasteiger partial charge in [0.05, 0.1) is 24.5 Å². The third kappa shape index (κ3) is 4.25. The molecule has 6 rings (SSSR count). The van der Waals surface area contributed by atoms with Gasteiger partial charge in [-0.1, -0.05) is 42.5 Å². The van der Waals surface area contributed by atoms with Crippen LogP contribution in [0.25, 0.3) is 10.9 Å². The summed E-state index contributed by atoms with van der Waals surface area (Å²) in [6, 6.07) is 17.4. The van der Waals surface area contributed by atoms with Gasteiger partial charge in [-0.05, 0) is 48.4 Å². The topological polar surface area (TPSA) is 152 Å². The van der Waals surface area contributed by atoms with Gasteiger partial charge in [0.25, 0.3) is 11.8 Å². The number of methoxy groups -OCH3 is 1. The number of carbonyl (C=O) groups excluding carboxylic acids is 3. The Balaban J connectivity index is 1.44. The molecule has 2 aliphatic heterocycles. The first-order chi connectivity index (χ1) is 20.2. The third-order valence-electron chi connectivity index (χ3n) is 7.91. The number of amides is 4. The van der Waals surface area contributed by atoms with Gasteiger partial charge in [-0.2, -0.15) is 0 Å². The summed E-state index contributed by atoms with van der Waals surface area (Å²) < 4.78 is 5.33. The molecule has 1 saturated heterocycles. The van der Waals surface area contributed by atoms with Crippen molar-refractivity contribution in [1.82, 2.24) is 15.2 Å². The van der Waals surface area contributed by atoms with Crippen LogP contribution in [0.15, 0.2) is 72.8 Å². The number of carbonyl (C=O) groups is 4. The fraction of sp³-hybridized carbons (Fsp3) is 0.226. The van der Waals surface area contributed by atoms with Gasteiger partial charge in [0.15, 0.2) is 6.04 Å². The first-order valence-corrected chi connectivity index (χ1v) is 13.4. The average molecular weight is 569 g/mol. The minimum Gasteiger partial charge on any atom is -0.497 e. The molecule has 0 aliphatic carbocycles. The molecule has 1 aromatic heterocycles. The Morgan fingerprint density at radius 1 is 1.02 bits per heavy atom. The molecule has 4 amide bonds. The Labute approximate surface area is 240 Å². The van der Waals surface area contributed by atoms with Crippen molar-refractivity contribution in [1.29, 1.82) is 0 Å². The number of aliphatic hydroxyl groups is 1. The third-order valence-corrected chi connectivity index (χ3v) is 7.91. The molecule has 42 heavy (non-hydrogen) atoms. The number of fused-ring (bicyclic) bond motifs is 4. The first-order valence-electron chi connectivity index (χ1n) is 13.4. The summed E-state index contributed by atoms with van der Waals surface area (Å²) in [5.41, 5.74) is 3.35. The van der Waals surface area contributed by atoms with E-state index in [0.717, 1.165) is 32.6 Å². The van der Waals surface area contributed by atoms with Crippen LogP contribution in [0.4, 0.5) is 10.5 Å². The van der Waals surface area contributed by atoms with E-state index in [2.05, 4.69) is 10.3 Å². The summed E-state index contributed by atoms with van der Waals surface area (Å²) in [6.07, 6.45) is -1.11. The second-order valence-electron chi connectivity index (χ2n) is 10.4. The number of nitrogens with zero attached hydrogens (tertiary/aromatic N) is 2. The van der Waals surface area contributed by atoms with Crippen molar-refractivity contribution in [3.8, 4) is 5.75 Å². The number of imide groups is 1. The molecule has 4 unspecified atom stereocenters. The number of hydrogen-bond acceptors (Lipinski definition) is 6. The van der Waals surface area contributed by atoms with Gasteiger partial charge in [0.1, 0.15) is 17.8 Å². The minimum absolute atomic E-state index is 0.0242. The van der Waals surface area contributed by atoms with Crippen LogP contribution in [0.2, 0.25) is 0 Å². The second-order valence-corrected chi connectivity index (χ2v) is 10.4. The summed E-state index contributed by atoms with van der Waals surface area (Å²) >= 11 is 0. The van der Waals surface area contributed by atoms with E-state index in [1.807, 2.05) is 36.4 Å². The highest BCUT2D eigenvalue weighted by Crippen LogP contribution is 2.45. The highest BCUT2D eigenvalue weighted by molar-refractivity contribution is 6.24. The molecule has 0 spiro atoms. The van der Waals surface area contributed by atoms with Crippen LogP contribution < -0.4 is 15.0 Å². The Morgan fingerprint density at radius 2 is 1.71 bits per heavy atom. The van der Waals surface area contributed by atoms with Gasteiger partial charge in [-0.25, -0.2) is 14.5 Å². The molecule has 1 fully saturated rings. The monoisotopic (exact) mass is 568 g/mol. The van der Waals surface area contributed by atoms with Crippen LogP contribution in [-0.2, 0) is 16.0 Å². The molecule has 0 radical (unpaired) electrons. The van der Waals surface area contributed by atoms with Gasteiger partial charge in [0, 0.05) is 23.0 Å². The number of anilines is 1. The Hall–Kier alpha value is -5.16. The van der Waals surface area contributed by atoms with E-state index in [1.165, 1.54) is 24.0 Å². The fourth-order valence-corrected chi connectivity index (χ4v) is 5.90. The molecule has 2 aliphatic rings. The predicted octanol–water partition coefficient (Wildman–Crippen LogP) is 3.22. The van der Waals surface area contributed by atoms with Gasteiger partial charge < -0.3 is 25.3 Å². The molecule has 11 nitrogen and oxygen atoms in total. The molecule has 4 N–H and O–H groups in total. The number of benzene rings is 3. The number of carboxylic acids is 1. The van der Waals surface area contributed by atoms with Crippen molar-refractivity contribution in [2.24, 2.45) is 0 Å². The van der Waals surface area contributed by atoms with Gasteiger partial charge in [-0.3, -0.25) is 14.5 Å². The average Bonchev–Trinajstić information content (AvgIpc) is 3.48. The number of carboxylic acid groups (broad SMARTS) is 1. The zero-order valence-corrected chi connectivity index (χ0v) is 22.8. The number of aromatic amines is 1. The lowest BCUT2D eigenvalue weighted by Gasteiger charge is -2.36. The SMILES string of the molecule is COc1ccc(C2c3[nH]c4ccccc4c3CC3C(=O)N(c4ccccc4C(=O)NC(C(=O)O)C(C)O)C(=O)N32)cc1. The quantitative estimate of drug-likeness (QED) is 0.250. The summed E-state index contributed by atoms with van der Waals surface area (Å²) in [7, 11) is 1.56. The van der Waals surface area contributed by atoms with E-state index in [9.17, 15) is 29.4 Å². The number of hydrogen-bond donors (Lipinski definition) is 4. The number of H-pyrrole nitrogens is 1. The van der Waals surface area contributed by atoms with Crippen molar-refractivity contribution in [2.45, 2.75) is 37.6 Å². The summed E-state index contributed by atoms with van der Waals surface area (Å²) in [5.74, 6) is -2.12. The Bertz CT molecular complexity index is 1730. The van der Waals surface area contributed by atoms with E-state index >= 15 is 0 Å². The highest BCUT2D eigenvalue weighted by atomic mass is 16.5. The summed E-state index contributed by atoms with van der Waals surface area (Å²) in [4.78, 5) is 59.1. The van der Waals surface area contributed by atoms with Gasteiger partial charge >= 0.3 is 12.0 Å². The summed E-state index contributed by atoms with van der Waals surface area (Å²) in [6.45, 7) is 1.24. The van der Waals surface area contributed by atoms with Crippen molar-refractivity contribution < 1.29 is 34.1 Å². The number of rotatable bonds is 7. The van der Waals surface area contributed by atoms with Crippen LogP contribution in [0.5, 0.6) is 5.75 Å². The fourth-order valence-electron chi connectivity index (χ4n) is 5.90. The molecule has 4 atom stereocenters. The maximum absolute atomic E-state index is 14.2. The lowest BCUT2D eigenvalue weighted by atomic mass is 9.89. The predicted molar refractivity (Wildman–Crippen MR) is 152 cm³/mol. The number of aliphatic carboxylic acids is 1. The molecule has 11 heteroatoms. The molecule has 3 heterocycles. The largest absolute Gasteiger partial charge is 0.497 e. The Kier molecular flexibility index (Phi) is 6.66. The van der Waals surface area contributed by atoms with E-state index in [4.69, 9.17) is 4.74 Å². The first kappa shape index (κ1) is 27.0. The van der Waals surface area contributed by atoms with Gasteiger partial charge in [0.2, 0.25) is 0 Å². The van der Waals surface area contributed by atoms with Crippen LogP contribution in [0.1, 0.15) is 40.1 Å². The van der Waals surface area contributed by atoms with Crippen LogP contribution in [0, 0.1) is 0 Å². The lowest BCUT2D eigenvalue weighted by molar-refractivity contribution is -0.141. The minimum atomic E-state index is -1.58. The highest BCUT2D eigenvalue weighted by Gasteiger charge is 2.53. The van der Waals surface area contributed by atoms with Crippen molar-refractivity contribution in [2.75, 3.05) is 12.0 Å². The molecule has 4 aromatic rings. The maximum atomic E-state index is 14.2. The standard InChI is InChI=1S/C31H28N4O7/c1-16(36)25(30(39)40)33-28(37)20-8-4-6-10-23(20)35-29(38)24-15-21-19-7-3-5-9-22(19)32-26(21)27(34(24)31(35)41)17-11-13-18(42-2)14-12-17/h3-14,16,24-25,27,32,36H,15H2,1-2H3,(H,33,37)(H,39,40). The van der Waals surface area contributed by atoms with Crippen molar-refractivity contribution in [3.63, 3.8) is 0 Å². The van der Waals surface area contributed by atoms with E-state index in [1.54, 1.807) is 31.4 Å². The van der Waals surface area contributed by atoms with E-state index in [-0.39, 0.29) is 17.7 Å². The number of para-hydroxylation sites is 2. The molecule has 0 saturated carbocycles. The number of urea groups is 1. The van der Waals surface area contributed by atoms with Crippen LogP contribution in [0.3, 0.4) is 0 Å². The second kappa shape index (κ2) is 10.3. The zero-order valence-electron chi connectivity index (χ0n) is 22.8. The summed E-state index contributed by atoms with van der Waals surface area (Å²) in [5, 5.41) is 22.6. The van der Waals surface area contributed by atoms with Crippen LogP contribution in [-0.4, -0.2) is 69.2 Å². The van der Waals surface area contributed by atoms with Crippen molar-refractivity contribution in [3.05, 3.63) is 95.2 Å². The molecule has 214 valence electrons. The number of nitrogens with one attached hydrogen (secondary N) is 2. The molecular formula is C31H28N4O7. The van der Waals surface area contributed by atoms with E-state index < -0.39 is 48.0 Å². The van der Waals surface area contributed by atoms with Crippen molar-refractivity contribution >= 4 is 40.4 Å². The normalized spacial score (nSPS) is 19.3. The lowest BCUT2D eigenvalue weighted by Crippen LogP contribution is -2.48. The molecule has 0 bridgehead atoms. The maximum Gasteiger partial charge on any atom is 0.332 e. The molecular weight excluding hydrogens is 540 g/mol. The van der Waals surface area contributed by atoms with Crippen LogP contribution >= 0.6 is 0 Å². The smallest absolute Gasteiger partial charge is 0.332 e. The number of aromatic nitrogens is 1. The van der Waals surface area contributed by atoms with E-state index in [0.29, 0.717) is 5.75 Å². The zero-order chi connectivity index (χ0) is 29.7. The Morgan fingerprint density at radius 3 is 2.40 bits per heavy atom. The molecule has 3 aromatic carbocycles. The number of ether oxygens (including phenoxy) is 1. The van der Waals surface area contributed by atoms with Gasteiger partial charge in [-0.15, -0.1) is 0 Å².